The number of ether oxygens (including phenoxy) is 2. The molecule has 7 nitrogen and oxygen atoms in total. The van der Waals surface area contributed by atoms with Crippen LogP contribution in [-0.2, 0) is 19.1 Å². The number of hydrogen-bond donors (Lipinski definition) is 2. The van der Waals surface area contributed by atoms with E-state index in [2.05, 4.69) is 14.5 Å². The molecule has 0 fully saturated rings. The van der Waals surface area contributed by atoms with Gasteiger partial charge in [0.1, 0.15) is 11.5 Å². The predicted octanol–water partition coefficient (Wildman–Crippen LogP) is 1.06. The van der Waals surface area contributed by atoms with Gasteiger partial charge in [0.2, 0.25) is 0 Å². The van der Waals surface area contributed by atoms with Gasteiger partial charge in [-0.3, -0.25) is 4.79 Å². The minimum atomic E-state index is -1.09. The smallest absolute Gasteiger partial charge is 0.378 e. The van der Waals surface area contributed by atoms with E-state index in [1.54, 1.807) is 13.8 Å². The fraction of sp³-hybridized carbons (Fsp3) is 0.308. The summed E-state index contributed by atoms with van der Waals surface area (Å²) in [5.74, 6) is -3.11. The molecule has 0 aliphatic carbocycles. The lowest BCUT2D eigenvalue weighted by molar-refractivity contribution is -0.149. The molecule has 2 N–H and O–H groups in total. The number of aliphatic hydroxyl groups excluding tert-OH is 1. The summed E-state index contributed by atoms with van der Waals surface area (Å²) in [6, 6.07) is 0. The summed E-state index contributed by atoms with van der Waals surface area (Å²) in [5.41, 5.74) is 1.32. The molecule has 7 heteroatoms. The molecule has 0 aliphatic rings. The molecule has 0 aromatic carbocycles. The average Bonchev–Trinajstić information content (AvgIpc) is 2.71. The van der Waals surface area contributed by atoms with Gasteiger partial charge < -0.3 is 19.6 Å². The van der Waals surface area contributed by atoms with Crippen LogP contribution < -0.4 is 0 Å². The van der Waals surface area contributed by atoms with Crippen LogP contribution >= 0.6 is 0 Å². The SMILES string of the molecule is COC(=O)C(=O)/C=C(\O)c1c(C)[nH]c(C(=O)OC)c1C. The van der Waals surface area contributed by atoms with Crippen molar-refractivity contribution < 1.29 is 29.0 Å². The molecule has 1 heterocycles. The minimum absolute atomic E-state index is 0.172. The molecule has 0 saturated carbocycles. The summed E-state index contributed by atoms with van der Waals surface area (Å²) < 4.78 is 8.83. The summed E-state index contributed by atoms with van der Waals surface area (Å²) in [4.78, 5) is 36.6. The van der Waals surface area contributed by atoms with Crippen molar-refractivity contribution in [3.63, 3.8) is 0 Å². The first-order chi connectivity index (χ1) is 9.33. The highest BCUT2D eigenvalue weighted by Crippen LogP contribution is 2.24. The zero-order valence-corrected chi connectivity index (χ0v) is 11.6. The highest BCUT2D eigenvalue weighted by molar-refractivity contribution is 6.39. The van der Waals surface area contributed by atoms with Gasteiger partial charge in [0.25, 0.3) is 5.78 Å². The lowest BCUT2D eigenvalue weighted by Gasteiger charge is -2.01. The van der Waals surface area contributed by atoms with Crippen molar-refractivity contribution in [1.82, 2.24) is 4.98 Å². The largest absolute Gasteiger partial charge is 0.507 e. The number of esters is 2. The molecule has 0 bridgehead atoms. The van der Waals surface area contributed by atoms with Crippen molar-refractivity contribution in [2.75, 3.05) is 14.2 Å². The number of aromatic amines is 1. The third-order valence-corrected chi connectivity index (χ3v) is 2.74. The molecule has 0 unspecified atom stereocenters. The normalized spacial score (nSPS) is 11.1. The second-order valence-corrected chi connectivity index (χ2v) is 4.00. The van der Waals surface area contributed by atoms with E-state index in [-0.39, 0.29) is 11.3 Å². The van der Waals surface area contributed by atoms with E-state index in [1.165, 1.54) is 7.11 Å². The van der Waals surface area contributed by atoms with Gasteiger partial charge in [0.15, 0.2) is 0 Å². The molecule has 0 aliphatic heterocycles. The Morgan fingerprint density at radius 2 is 1.75 bits per heavy atom. The minimum Gasteiger partial charge on any atom is -0.507 e. The lowest BCUT2D eigenvalue weighted by Crippen LogP contribution is -2.13. The number of aryl methyl sites for hydroxylation is 1. The van der Waals surface area contributed by atoms with E-state index < -0.39 is 23.5 Å². The number of methoxy groups -OCH3 is 2. The van der Waals surface area contributed by atoms with Crippen molar-refractivity contribution in [3.8, 4) is 0 Å². The summed E-state index contributed by atoms with van der Waals surface area (Å²) in [7, 11) is 2.29. The third-order valence-electron chi connectivity index (χ3n) is 2.74. The van der Waals surface area contributed by atoms with E-state index in [4.69, 9.17) is 0 Å². The lowest BCUT2D eigenvalue weighted by atomic mass is 10.1. The standard InChI is InChI=1S/C13H15NO6/c1-6-10(7(2)14-11(6)13(18)20-4)8(15)5-9(16)12(17)19-3/h5,14-15H,1-4H3/b8-5-. The molecule has 1 rings (SSSR count). The van der Waals surface area contributed by atoms with Crippen molar-refractivity contribution in [2.24, 2.45) is 0 Å². The molecule has 0 radical (unpaired) electrons. The molecule has 1 aromatic heterocycles. The summed E-state index contributed by atoms with van der Waals surface area (Å²) >= 11 is 0. The fourth-order valence-corrected chi connectivity index (χ4v) is 1.80. The van der Waals surface area contributed by atoms with Crippen LogP contribution in [0.2, 0.25) is 0 Å². The zero-order valence-electron chi connectivity index (χ0n) is 11.6. The van der Waals surface area contributed by atoms with Gasteiger partial charge in [-0.15, -0.1) is 0 Å². The Morgan fingerprint density at radius 1 is 1.15 bits per heavy atom. The zero-order chi connectivity index (χ0) is 15.4. The molecular weight excluding hydrogens is 266 g/mol. The van der Waals surface area contributed by atoms with Crippen LogP contribution in [0.5, 0.6) is 0 Å². The number of aliphatic hydroxyl groups is 1. The van der Waals surface area contributed by atoms with Crippen LogP contribution in [0.3, 0.4) is 0 Å². The highest BCUT2D eigenvalue weighted by Gasteiger charge is 2.21. The monoisotopic (exact) mass is 281 g/mol. The predicted molar refractivity (Wildman–Crippen MR) is 69.2 cm³/mol. The summed E-state index contributed by atoms with van der Waals surface area (Å²) in [5, 5.41) is 9.93. The Hall–Kier alpha value is -2.57. The van der Waals surface area contributed by atoms with Gasteiger partial charge in [-0.25, -0.2) is 9.59 Å². The highest BCUT2D eigenvalue weighted by atomic mass is 16.5. The maximum atomic E-state index is 11.5. The topological polar surface area (TPSA) is 106 Å². The van der Waals surface area contributed by atoms with Gasteiger partial charge in [-0.2, -0.15) is 0 Å². The third kappa shape index (κ3) is 2.87. The maximum absolute atomic E-state index is 11.5. The molecule has 0 amide bonds. The summed E-state index contributed by atoms with van der Waals surface area (Å²) in [6.45, 7) is 3.19. The number of rotatable bonds is 4. The Bertz CT molecular complexity index is 596. The Kier molecular flexibility index (Phi) is 4.68. The number of nitrogens with one attached hydrogen (secondary N) is 1. The van der Waals surface area contributed by atoms with Gasteiger partial charge in [0.05, 0.1) is 14.2 Å². The van der Waals surface area contributed by atoms with Gasteiger partial charge in [-0.1, -0.05) is 0 Å². The Labute approximate surface area is 115 Å². The van der Waals surface area contributed by atoms with E-state index in [0.29, 0.717) is 11.3 Å². The van der Waals surface area contributed by atoms with Crippen LogP contribution in [0.1, 0.15) is 27.3 Å². The van der Waals surface area contributed by atoms with Crippen LogP contribution in [-0.4, -0.2) is 42.0 Å². The molecule has 108 valence electrons. The maximum Gasteiger partial charge on any atom is 0.378 e. The quantitative estimate of drug-likeness (QED) is 0.370. The number of H-pyrrole nitrogens is 1. The first-order valence-corrected chi connectivity index (χ1v) is 5.64. The number of carbonyl (C=O) groups is 3. The van der Waals surface area contributed by atoms with Crippen LogP contribution in [0.25, 0.3) is 5.76 Å². The molecule has 20 heavy (non-hydrogen) atoms. The number of ketones is 1. The van der Waals surface area contributed by atoms with Crippen LogP contribution in [0.15, 0.2) is 6.08 Å². The second-order valence-electron chi connectivity index (χ2n) is 4.00. The molecule has 0 spiro atoms. The first kappa shape index (κ1) is 15.5. The van der Waals surface area contributed by atoms with Gasteiger partial charge >= 0.3 is 11.9 Å². The molecular formula is C13H15NO6. The fourth-order valence-electron chi connectivity index (χ4n) is 1.80. The number of carbonyl (C=O) groups excluding carboxylic acids is 3. The van der Waals surface area contributed by atoms with E-state index in [9.17, 15) is 19.5 Å². The Morgan fingerprint density at radius 3 is 2.25 bits per heavy atom. The van der Waals surface area contributed by atoms with Crippen LogP contribution in [0, 0.1) is 13.8 Å². The van der Waals surface area contributed by atoms with E-state index in [0.717, 1.165) is 13.2 Å². The molecule has 0 saturated heterocycles. The van der Waals surface area contributed by atoms with Crippen LogP contribution in [0.4, 0.5) is 0 Å². The number of aromatic nitrogens is 1. The number of hydrogen-bond acceptors (Lipinski definition) is 6. The Balaban J connectivity index is 3.24. The second kappa shape index (κ2) is 6.05. The van der Waals surface area contributed by atoms with Crippen molar-refractivity contribution in [2.45, 2.75) is 13.8 Å². The van der Waals surface area contributed by atoms with Crippen molar-refractivity contribution in [3.05, 3.63) is 28.6 Å². The van der Waals surface area contributed by atoms with Gasteiger partial charge in [0, 0.05) is 17.3 Å². The first-order valence-electron chi connectivity index (χ1n) is 5.64. The van der Waals surface area contributed by atoms with Crippen molar-refractivity contribution in [1.29, 1.82) is 0 Å². The average molecular weight is 281 g/mol. The van der Waals surface area contributed by atoms with Gasteiger partial charge in [-0.05, 0) is 19.4 Å². The molecule has 1 aromatic rings. The van der Waals surface area contributed by atoms with E-state index >= 15 is 0 Å². The molecule has 0 atom stereocenters. The summed E-state index contributed by atoms with van der Waals surface area (Å²) in [6.07, 6.45) is 0.746. The van der Waals surface area contributed by atoms with E-state index in [1.807, 2.05) is 0 Å². The van der Waals surface area contributed by atoms with Crippen molar-refractivity contribution >= 4 is 23.5 Å².